The van der Waals surface area contributed by atoms with Gasteiger partial charge in [0.1, 0.15) is 18.1 Å². The zero-order chi connectivity index (χ0) is 15.2. The highest BCUT2D eigenvalue weighted by molar-refractivity contribution is 5.94. The molecular formula is C15H16O6. The van der Waals surface area contributed by atoms with E-state index >= 15 is 0 Å². The molecule has 1 aromatic rings. The predicted octanol–water partition coefficient (Wildman–Crippen LogP) is 1.49. The maximum atomic E-state index is 11.6. The van der Waals surface area contributed by atoms with Crippen LogP contribution in [0.3, 0.4) is 0 Å². The highest BCUT2D eigenvalue weighted by Gasteiger charge is 2.27. The van der Waals surface area contributed by atoms with Gasteiger partial charge < -0.3 is 18.9 Å². The largest absolute Gasteiger partial charge is 0.497 e. The van der Waals surface area contributed by atoms with E-state index in [1.807, 2.05) is 0 Å². The van der Waals surface area contributed by atoms with E-state index in [1.54, 1.807) is 31.4 Å². The molecule has 1 heterocycles. The molecule has 6 heteroatoms. The molecule has 1 aromatic carbocycles. The normalized spacial score (nSPS) is 21.0. The Balaban J connectivity index is 1.95. The van der Waals surface area contributed by atoms with Gasteiger partial charge in [0.15, 0.2) is 11.9 Å². The lowest BCUT2D eigenvalue weighted by molar-refractivity contribution is -0.160. The van der Waals surface area contributed by atoms with E-state index in [0.717, 1.165) is 0 Å². The first-order valence-corrected chi connectivity index (χ1v) is 6.40. The van der Waals surface area contributed by atoms with Crippen molar-refractivity contribution in [1.29, 1.82) is 0 Å². The average molecular weight is 292 g/mol. The zero-order valence-corrected chi connectivity index (χ0v) is 11.8. The lowest BCUT2D eigenvalue weighted by Crippen LogP contribution is -2.38. The van der Waals surface area contributed by atoms with Crippen LogP contribution in [0.25, 0.3) is 0 Å². The third-order valence-electron chi connectivity index (χ3n) is 2.78. The summed E-state index contributed by atoms with van der Waals surface area (Å²) in [4.78, 5) is 22.4. The molecule has 0 bridgehead atoms. The first-order valence-electron chi connectivity index (χ1n) is 6.40. The number of methoxy groups -OCH3 is 1. The van der Waals surface area contributed by atoms with E-state index in [2.05, 4.69) is 0 Å². The maximum Gasteiger partial charge on any atom is 0.302 e. The van der Waals surface area contributed by atoms with E-state index in [9.17, 15) is 9.59 Å². The molecule has 0 fully saturated rings. The summed E-state index contributed by atoms with van der Waals surface area (Å²) in [6.07, 6.45) is 1.32. The fourth-order valence-electron chi connectivity index (χ4n) is 1.72. The van der Waals surface area contributed by atoms with Crippen molar-refractivity contribution in [3.8, 4) is 11.5 Å². The molecule has 1 aliphatic rings. The second-order valence-electron chi connectivity index (χ2n) is 4.35. The Morgan fingerprint density at radius 1 is 1.24 bits per heavy atom. The van der Waals surface area contributed by atoms with Gasteiger partial charge in [0.25, 0.3) is 0 Å². The number of esters is 1. The second-order valence-corrected chi connectivity index (χ2v) is 4.35. The van der Waals surface area contributed by atoms with Gasteiger partial charge in [-0.25, -0.2) is 0 Å². The number of ether oxygens (including phenoxy) is 4. The molecule has 0 unspecified atom stereocenters. The van der Waals surface area contributed by atoms with Gasteiger partial charge in [0.2, 0.25) is 6.29 Å². The fourth-order valence-corrected chi connectivity index (χ4v) is 1.72. The van der Waals surface area contributed by atoms with Crippen molar-refractivity contribution in [3.05, 3.63) is 36.4 Å². The van der Waals surface area contributed by atoms with Crippen molar-refractivity contribution >= 4 is 11.8 Å². The predicted molar refractivity (Wildman–Crippen MR) is 73.1 cm³/mol. The van der Waals surface area contributed by atoms with E-state index < -0.39 is 18.4 Å². The van der Waals surface area contributed by atoms with Crippen LogP contribution in [0, 0.1) is 0 Å². The summed E-state index contributed by atoms with van der Waals surface area (Å²) < 4.78 is 20.9. The summed E-state index contributed by atoms with van der Waals surface area (Å²) >= 11 is 0. The van der Waals surface area contributed by atoms with Gasteiger partial charge >= 0.3 is 5.97 Å². The second kappa shape index (κ2) is 6.90. The average Bonchev–Trinajstić information content (AvgIpc) is 2.48. The number of hydrogen-bond acceptors (Lipinski definition) is 6. The Morgan fingerprint density at radius 3 is 2.52 bits per heavy atom. The molecule has 0 saturated heterocycles. The Labute approximate surface area is 122 Å². The molecular weight excluding hydrogens is 276 g/mol. The molecule has 2 atom stereocenters. The standard InChI is InChI=1S/C15H16O6/c1-10(16)19-9-14-13(17)7-8-15(21-14)20-12-5-3-11(18-2)4-6-12/h3-8,14-15H,9H2,1-2H3/t14-,15+/m1/s1. The van der Waals surface area contributed by atoms with E-state index in [4.69, 9.17) is 18.9 Å². The molecule has 0 amide bonds. The van der Waals surface area contributed by atoms with Gasteiger partial charge in [-0.1, -0.05) is 0 Å². The molecule has 0 spiro atoms. The highest BCUT2D eigenvalue weighted by Crippen LogP contribution is 2.20. The molecule has 6 nitrogen and oxygen atoms in total. The van der Waals surface area contributed by atoms with Crippen LogP contribution in [0.2, 0.25) is 0 Å². The van der Waals surface area contributed by atoms with Crippen LogP contribution in [0.5, 0.6) is 11.5 Å². The van der Waals surface area contributed by atoms with Crippen molar-refractivity contribution in [2.75, 3.05) is 13.7 Å². The number of rotatable bonds is 5. The molecule has 112 valence electrons. The molecule has 0 N–H and O–H groups in total. The molecule has 0 aliphatic carbocycles. The summed E-state index contributed by atoms with van der Waals surface area (Å²) in [6.45, 7) is 1.15. The number of benzene rings is 1. The van der Waals surface area contributed by atoms with Crippen LogP contribution >= 0.6 is 0 Å². The zero-order valence-electron chi connectivity index (χ0n) is 11.8. The molecule has 0 radical (unpaired) electrons. The third kappa shape index (κ3) is 4.32. The van der Waals surface area contributed by atoms with Crippen LogP contribution in [-0.4, -0.2) is 37.9 Å². The highest BCUT2D eigenvalue weighted by atomic mass is 16.7. The molecule has 0 aromatic heterocycles. The molecule has 1 aliphatic heterocycles. The SMILES string of the molecule is COc1ccc(O[C@@H]2C=CC(=O)[C@@H](COC(C)=O)O2)cc1. The summed E-state index contributed by atoms with van der Waals surface area (Å²) in [6, 6.07) is 6.97. The summed E-state index contributed by atoms with van der Waals surface area (Å²) in [7, 11) is 1.58. The Morgan fingerprint density at radius 2 is 1.90 bits per heavy atom. The quantitative estimate of drug-likeness (QED) is 0.766. The summed E-state index contributed by atoms with van der Waals surface area (Å²) in [5, 5.41) is 0. The summed E-state index contributed by atoms with van der Waals surface area (Å²) in [5.41, 5.74) is 0. The van der Waals surface area contributed by atoms with Gasteiger partial charge in [-0.2, -0.15) is 0 Å². The minimum atomic E-state index is -0.845. The smallest absolute Gasteiger partial charge is 0.302 e. The first-order chi connectivity index (χ1) is 10.1. The van der Waals surface area contributed by atoms with E-state index in [0.29, 0.717) is 11.5 Å². The lowest BCUT2D eigenvalue weighted by atomic mass is 10.2. The number of hydrogen-bond donors (Lipinski definition) is 0. The number of carbonyl (C=O) groups is 2. The first kappa shape index (κ1) is 15.1. The molecule has 21 heavy (non-hydrogen) atoms. The summed E-state index contributed by atoms with van der Waals surface area (Å²) in [5.74, 6) is 0.566. The molecule has 0 saturated carbocycles. The van der Waals surface area contributed by atoms with Crippen LogP contribution in [-0.2, 0) is 19.1 Å². The van der Waals surface area contributed by atoms with Crippen molar-refractivity contribution < 1.29 is 28.5 Å². The van der Waals surface area contributed by atoms with Gasteiger partial charge in [0.05, 0.1) is 7.11 Å². The van der Waals surface area contributed by atoms with Crippen molar-refractivity contribution in [3.63, 3.8) is 0 Å². The number of carbonyl (C=O) groups excluding carboxylic acids is 2. The van der Waals surface area contributed by atoms with Gasteiger partial charge in [-0.15, -0.1) is 0 Å². The topological polar surface area (TPSA) is 71.1 Å². The van der Waals surface area contributed by atoms with E-state index in [1.165, 1.54) is 19.1 Å². The van der Waals surface area contributed by atoms with Crippen LogP contribution in [0.15, 0.2) is 36.4 Å². The number of ketones is 1. The lowest BCUT2D eigenvalue weighted by Gasteiger charge is -2.25. The Hall–Kier alpha value is -2.34. The van der Waals surface area contributed by atoms with Crippen LogP contribution < -0.4 is 9.47 Å². The minimum Gasteiger partial charge on any atom is -0.497 e. The van der Waals surface area contributed by atoms with Crippen molar-refractivity contribution in [2.24, 2.45) is 0 Å². The monoisotopic (exact) mass is 292 g/mol. The Bertz CT molecular complexity index is 534. The van der Waals surface area contributed by atoms with Crippen molar-refractivity contribution in [2.45, 2.75) is 19.3 Å². The third-order valence-corrected chi connectivity index (χ3v) is 2.78. The van der Waals surface area contributed by atoms with Gasteiger partial charge in [0, 0.05) is 6.92 Å². The molecule has 2 rings (SSSR count). The van der Waals surface area contributed by atoms with Crippen LogP contribution in [0.4, 0.5) is 0 Å². The fraction of sp³-hybridized carbons (Fsp3) is 0.333. The Kier molecular flexibility index (Phi) is 4.94. The van der Waals surface area contributed by atoms with Crippen LogP contribution in [0.1, 0.15) is 6.92 Å². The van der Waals surface area contributed by atoms with Gasteiger partial charge in [-0.3, -0.25) is 9.59 Å². The van der Waals surface area contributed by atoms with Gasteiger partial charge in [-0.05, 0) is 36.4 Å². The minimum absolute atomic E-state index is 0.124. The van der Waals surface area contributed by atoms with E-state index in [-0.39, 0.29) is 12.4 Å². The maximum absolute atomic E-state index is 11.6. The van der Waals surface area contributed by atoms with Crippen molar-refractivity contribution in [1.82, 2.24) is 0 Å².